The van der Waals surface area contributed by atoms with Gasteiger partial charge in [-0.15, -0.1) is 0 Å². The molecule has 2 saturated carbocycles. The van der Waals surface area contributed by atoms with Crippen molar-refractivity contribution in [2.75, 3.05) is 33.4 Å². The zero-order chi connectivity index (χ0) is 27.6. The van der Waals surface area contributed by atoms with Crippen LogP contribution >= 0.6 is 0 Å². The molecule has 4 fully saturated rings. The number of aliphatic hydroxyl groups is 1. The number of piperidine rings is 1. The molecule has 3 heterocycles. The van der Waals surface area contributed by atoms with Crippen molar-refractivity contribution in [3.05, 3.63) is 23.3 Å². The molecule has 5 atom stereocenters. The van der Waals surface area contributed by atoms with Gasteiger partial charge in [-0.1, -0.05) is 47.6 Å². The van der Waals surface area contributed by atoms with Crippen LogP contribution in [-0.4, -0.2) is 74.8 Å². The summed E-state index contributed by atoms with van der Waals surface area (Å²) in [6.45, 7) is 17.4. The molecular formula is C32H50NO5Si+. The second-order valence-corrected chi connectivity index (χ2v) is 20.4. The Labute approximate surface area is 236 Å². The Balaban J connectivity index is 1.41. The number of hydrogen-bond donors (Lipinski definition) is 1. The lowest BCUT2D eigenvalue weighted by Gasteiger charge is -2.66. The highest BCUT2D eigenvalue weighted by molar-refractivity contribution is 6.78. The Hall–Kier alpha value is -1.12. The number of fused-ring (bicyclic) bond motifs is 1. The van der Waals surface area contributed by atoms with E-state index < -0.39 is 25.1 Å². The predicted octanol–water partition coefficient (Wildman–Crippen LogP) is 5.69. The molecule has 0 aromatic heterocycles. The van der Waals surface area contributed by atoms with E-state index in [1.165, 1.54) is 30.5 Å². The quantitative estimate of drug-likeness (QED) is 0.345. The highest BCUT2D eigenvalue weighted by Crippen LogP contribution is 2.69. The fourth-order valence-corrected chi connectivity index (χ4v) is 15.7. The molecule has 7 rings (SSSR count). The topological polar surface area (TPSA) is 57.2 Å². The molecule has 6 aliphatic rings. The Morgan fingerprint density at radius 1 is 1.00 bits per heavy atom. The number of likely N-dealkylation sites (N-methyl/N-ethyl adjacent to an activating group) is 1. The van der Waals surface area contributed by atoms with Crippen molar-refractivity contribution < 1.29 is 28.2 Å². The first-order chi connectivity index (χ1) is 18.4. The smallest absolute Gasteiger partial charge is 0.258 e. The lowest BCUT2D eigenvalue weighted by Crippen LogP contribution is -2.82. The second-order valence-electron chi connectivity index (χ2n) is 15.0. The van der Waals surface area contributed by atoms with Crippen LogP contribution in [0.25, 0.3) is 0 Å². The maximum Gasteiger partial charge on any atom is 0.258 e. The average molecular weight is 557 g/mol. The van der Waals surface area contributed by atoms with E-state index in [2.05, 4.69) is 60.7 Å². The van der Waals surface area contributed by atoms with Crippen LogP contribution in [0.5, 0.6) is 11.5 Å². The maximum absolute atomic E-state index is 13.1. The number of likely N-dealkylation sites (tertiary alicyclic amines) is 1. The fraction of sp³-hybridized carbons (Fsp3) is 0.812. The number of rotatable bonds is 7. The molecule has 39 heavy (non-hydrogen) atoms. The molecule has 216 valence electrons. The average Bonchev–Trinajstić information content (AvgIpc) is 3.41. The first-order valence-corrected chi connectivity index (χ1v) is 17.9. The van der Waals surface area contributed by atoms with Crippen LogP contribution in [0.1, 0.15) is 84.8 Å². The molecule has 7 heteroatoms. The van der Waals surface area contributed by atoms with Gasteiger partial charge in [0.2, 0.25) is 5.79 Å². The molecule has 0 radical (unpaired) electrons. The van der Waals surface area contributed by atoms with E-state index >= 15 is 0 Å². The minimum absolute atomic E-state index is 0.164. The van der Waals surface area contributed by atoms with E-state index in [0.29, 0.717) is 42.7 Å². The summed E-state index contributed by atoms with van der Waals surface area (Å²) in [5.74, 6) is 1.79. The standard InChI is InChI=1S/C32H50NO5Si/c1-20(2)39(21(3)4,22(5)6)38-25-11-10-24-18-26-31(34)12-13-32(35-16-17-36-32)29-30(31,27(24)28(25)37-29)14-15-33(26,7)19-23-8-9-23/h10-11,20-23,26,29,34H,8-9,12-19H2,1-7H3/q+1/t26?,29?,30?,31-,33-/m1/s1. The van der Waals surface area contributed by atoms with Crippen LogP contribution < -0.4 is 9.16 Å². The summed E-state index contributed by atoms with van der Waals surface area (Å²) in [6, 6.07) is 4.68. The summed E-state index contributed by atoms with van der Waals surface area (Å²) in [5.41, 5.74) is 2.58. The van der Waals surface area contributed by atoms with E-state index in [0.717, 1.165) is 41.3 Å². The molecule has 1 aromatic carbocycles. The van der Waals surface area contributed by atoms with Crippen molar-refractivity contribution in [3.8, 4) is 11.5 Å². The summed E-state index contributed by atoms with van der Waals surface area (Å²) in [4.78, 5) is 0. The number of hydrogen-bond acceptors (Lipinski definition) is 5. The van der Waals surface area contributed by atoms with Crippen molar-refractivity contribution in [1.82, 2.24) is 0 Å². The lowest BCUT2D eigenvalue weighted by atomic mass is 9.47. The number of nitrogens with zero attached hydrogens (tertiary/aromatic N) is 1. The summed E-state index contributed by atoms with van der Waals surface area (Å²) in [5, 5.41) is 13.1. The van der Waals surface area contributed by atoms with Crippen molar-refractivity contribution in [2.45, 2.75) is 126 Å². The third-order valence-corrected chi connectivity index (χ3v) is 18.2. The second kappa shape index (κ2) is 8.47. The van der Waals surface area contributed by atoms with Gasteiger partial charge in [-0.05, 0) is 47.5 Å². The summed E-state index contributed by atoms with van der Waals surface area (Å²) in [7, 11) is 0.208. The molecule has 2 bridgehead atoms. The molecule has 2 saturated heterocycles. The summed E-state index contributed by atoms with van der Waals surface area (Å²) in [6.07, 6.45) is 5.50. The van der Waals surface area contributed by atoms with Gasteiger partial charge in [-0.2, -0.15) is 0 Å². The van der Waals surface area contributed by atoms with Gasteiger partial charge in [0.05, 0.1) is 38.8 Å². The van der Waals surface area contributed by atoms with E-state index in [1.54, 1.807) is 0 Å². The molecule has 1 N–H and O–H groups in total. The van der Waals surface area contributed by atoms with Crippen LogP contribution in [-0.2, 0) is 21.3 Å². The lowest BCUT2D eigenvalue weighted by molar-refractivity contribution is -0.951. The molecule has 3 unspecified atom stereocenters. The molecule has 0 amide bonds. The fourth-order valence-electron chi connectivity index (χ4n) is 10.5. The van der Waals surface area contributed by atoms with Crippen LogP contribution in [0.2, 0.25) is 16.6 Å². The van der Waals surface area contributed by atoms with Crippen LogP contribution in [0.4, 0.5) is 0 Å². The first kappa shape index (κ1) is 26.8. The van der Waals surface area contributed by atoms with E-state index in [9.17, 15) is 5.11 Å². The van der Waals surface area contributed by atoms with Gasteiger partial charge in [0.15, 0.2) is 11.9 Å². The van der Waals surface area contributed by atoms with Crippen molar-refractivity contribution in [3.63, 3.8) is 0 Å². The summed E-state index contributed by atoms with van der Waals surface area (Å²) >= 11 is 0. The minimum atomic E-state index is -2.21. The van der Waals surface area contributed by atoms with Crippen molar-refractivity contribution in [2.24, 2.45) is 5.92 Å². The number of ether oxygens (including phenoxy) is 3. The first-order valence-electron chi connectivity index (χ1n) is 15.8. The van der Waals surface area contributed by atoms with Gasteiger partial charge in [-0.25, -0.2) is 0 Å². The van der Waals surface area contributed by atoms with Gasteiger partial charge < -0.3 is 28.2 Å². The predicted molar refractivity (Wildman–Crippen MR) is 154 cm³/mol. The summed E-state index contributed by atoms with van der Waals surface area (Å²) < 4.78 is 28.3. The van der Waals surface area contributed by atoms with Gasteiger partial charge in [0.25, 0.3) is 8.32 Å². The normalized spacial score (nSPS) is 38.0. The number of quaternary nitrogens is 1. The Morgan fingerprint density at radius 2 is 1.67 bits per heavy atom. The zero-order valence-electron chi connectivity index (χ0n) is 25.2. The molecule has 2 spiro atoms. The van der Waals surface area contributed by atoms with Crippen LogP contribution in [0, 0.1) is 5.92 Å². The van der Waals surface area contributed by atoms with Gasteiger partial charge in [-0.3, -0.25) is 0 Å². The monoisotopic (exact) mass is 556 g/mol. The number of benzene rings is 1. The van der Waals surface area contributed by atoms with E-state index in [-0.39, 0.29) is 12.1 Å². The minimum Gasteiger partial charge on any atom is -0.540 e. The molecule has 1 aromatic rings. The van der Waals surface area contributed by atoms with Crippen LogP contribution in [0.15, 0.2) is 12.1 Å². The third-order valence-electron chi connectivity index (χ3n) is 12.2. The van der Waals surface area contributed by atoms with E-state index in [4.69, 9.17) is 18.6 Å². The van der Waals surface area contributed by atoms with Gasteiger partial charge >= 0.3 is 0 Å². The van der Waals surface area contributed by atoms with Gasteiger partial charge in [0.1, 0.15) is 17.4 Å². The molecule has 3 aliphatic carbocycles. The SMILES string of the molecule is CC(C)[Si](Oc1ccc2c3c1OC1C4(CC[C@@]5(O)C(C2)[N@@+](C)(CC2CC2)CCC315)OCCO4)(C(C)C)C(C)C. The van der Waals surface area contributed by atoms with Crippen molar-refractivity contribution in [1.29, 1.82) is 0 Å². The molecular weight excluding hydrogens is 506 g/mol. The Kier molecular flexibility index (Phi) is 5.81. The zero-order valence-corrected chi connectivity index (χ0v) is 26.2. The third kappa shape index (κ3) is 3.28. The van der Waals surface area contributed by atoms with Crippen molar-refractivity contribution >= 4 is 8.32 Å². The highest BCUT2D eigenvalue weighted by Gasteiger charge is 2.80. The maximum atomic E-state index is 13.1. The molecule has 3 aliphatic heterocycles. The highest BCUT2D eigenvalue weighted by atomic mass is 28.4. The van der Waals surface area contributed by atoms with Gasteiger partial charge in [0, 0.05) is 30.7 Å². The Bertz CT molecular complexity index is 1140. The largest absolute Gasteiger partial charge is 0.540 e. The van der Waals surface area contributed by atoms with E-state index in [1.807, 2.05) is 0 Å². The van der Waals surface area contributed by atoms with Crippen LogP contribution in [0.3, 0.4) is 0 Å². The Morgan fingerprint density at radius 3 is 2.28 bits per heavy atom. The molecule has 6 nitrogen and oxygen atoms in total.